The maximum Gasteiger partial charge on any atom is 0.250 e. The monoisotopic (exact) mass is 309 g/mol. The van der Waals surface area contributed by atoms with Crippen molar-refractivity contribution in [1.82, 2.24) is 4.57 Å². The summed E-state index contributed by atoms with van der Waals surface area (Å²) in [6.07, 6.45) is 3.49. The van der Waals surface area contributed by atoms with Gasteiger partial charge >= 0.3 is 0 Å². The maximum atomic E-state index is 11.6. The van der Waals surface area contributed by atoms with Gasteiger partial charge in [0, 0.05) is 36.6 Å². The van der Waals surface area contributed by atoms with Crippen LogP contribution in [0.2, 0.25) is 0 Å². The van der Waals surface area contributed by atoms with Crippen molar-refractivity contribution in [3.63, 3.8) is 0 Å². The fourth-order valence-electron chi connectivity index (χ4n) is 2.34. The molecule has 118 valence electrons. The highest BCUT2D eigenvalue weighted by molar-refractivity contribution is 5.99. The van der Waals surface area contributed by atoms with Gasteiger partial charge in [0.15, 0.2) is 5.78 Å². The average Bonchev–Trinajstić information content (AvgIpc) is 2.55. The Balaban J connectivity index is 1.89. The van der Waals surface area contributed by atoms with Crippen LogP contribution in [-0.2, 0) is 6.54 Å². The molecule has 2 rings (SSSR count). The number of pyridine rings is 1. The molecular weight excluding hydrogens is 290 g/mol. The van der Waals surface area contributed by atoms with Crippen LogP contribution in [0.5, 0.6) is 0 Å². The first kappa shape index (κ1) is 16.5. The molecule has 0 spiro atoms. The number of Topliss-reactive ketones (excluding diaryl/α,β-unsaturated/α-hetero) is 1. The molecule has 5 nitrogen and oxygen atoms in total. The van der Waals surface area contributed by atoms with Gasteiger partial charge in [-0.15, -0.1) is 0 Å². The summed E-state index contributed by atoms with van der Waals surface area (Å²) in [6, 6.07) is 12.2. The number of hydrogen-bond donors (Lipinski definition) is 1. The van der Waals surface area contributed by atoms with Crippen molar-refractivity contribution in [3.05, 3.63) is 64.1 Å². The van der Waals surface area contributed by atoms with E-state index in [4.69, 9.17) is 5.26 Å². The number of rotatable bonds is 7. The van der Waals surface area contributed by atoms with Crippen LogP contribution in [0.4, 0.5) is 5.69 Å². The van der Waals surface area contributed by atoms with Crippen LogP contribution in [0.3, 0.4) is 0 Å². The second-order valence-corrected chi connectivity index (χ2v) is 5.29. The second kappa shape index (κ2) is 7.95. The van der Waals surface area contributed by atoms with Crippen LogP contribution in [-0.4, -0.2) is 16.9 Å². The van der Waals surface area contributed by atoms with Gasteiger partial charge in [-0.05, 0) is 44.0 Å². The van der Waals surface area contributed by atoms with Crippen molar-refractivity contribution in [2.75, 3.05) is 11.9 Å². The first-order valence-corrected chi connectivity index (χ1v) is 7.56. The molecular formula is C18H19N3O2. The van der Waals surface area contributed by atoms with E-state index in [1.807, 2.05) is 6.07 Å². The van der Waals surface area contributed by atoms with Gasteiger partial charge in [0.25, 0.3) is 0 Å². The first-order valence-electron chi connectivity index (χ1n) is 7.56. The zero-order valence-electron chi connectivity index (χ0n) is 13.1. The lowest BCUT2D eigenvalue weighted by Crippen LogP contribution is -2.18. The Kier molecular flexibility index (Phi) is 5.70. The highest BCUT2D eigenvalue weighted by Crippen LogP contribution is 2.18. The predicted molar refractivity (Wildman–Crippen MR) is 89.6 cm³/mol. The van der Waals surface area contributed by atoms with Crippen molar-refractivity contribution < 1.29 is 4.79 Å². The molecule has 0 fully saturated rings. The Morgan fingerprint density at radius 2 is 2.09 bits per heavy atom. The first-order chi connectivity index (χ1) is 11.1. The average molecular weight is 309 g/mol. The molecule has 0 unspecified atom stereocenters. The summed E-state index contributed by atoms with van der Waals surface area (Å²) in [4.78, 5) is 23.2. The number of carbonyl (C=O) groups is 1. The molecule has 0 saturated heterocycles. The topological polar surface area (TPSA) is 74.9 Å². The van der Waals surface area contributed by atoms with Crippen molar-refractivity contribution in [2.24, 2.45) is 0 Å². The number of unbranched alkanes of at least 4 members (excludes halogenated alkanes) is 1. The number of aromatic nitrogens is 1. The fraction of sp³-hybridized carbons (Fsp3) is 0.278. The van der Waals surface area contributed by atoms with E-state index < -0.39 is 0 Å². The molecule has 0 radical (unpaired) electrons. The van der Waals surface area contributed by atoms with Gasteiger partial charge < -0.3 is 9.88 Å². The number of nitriles is 1. The van der Waals surface area contributed by atoms with E-state index in [2.05, 4.69) is 11.4 Å². The lowest BCUT2D eigenvalue weighted by molar-refractivity contribution is 0.101. The molecule has 1 N–H and O–H groups in total. The van der Waals surface area contributed by atoms with Gasteiger partial charge in [0.2, 0.25) is 5.56 Å². The quantitative estimate of drug-likeness (QED) is 0.630. The molecule has 0 aliphatic carbocycles. The number of anilines is 1. The van der Waals surface area contributed by atoms with Crippen LogP contribution < -0.4 is 10.9 Å². The number of nitrogens with zero attached hydrogens (tertiary/aromatic N) is 2. The van der Waals surface area contributed by atoms with E-state index in [1.54, 1.807) is 41.1 Å². The third kappa shape index (κ3) is 4.55. The van der Waals surface area contributed by atoms with E-state index in [9.17, 15) is 9.59 Å². The summed E-state index contributed by atoms with van der Waals surface area (Å²) in [5.41, 5.74) is 1.80. The number of benzene rings is 1. The number of nitrogens with one attached hydrogen (secondary N) is 1. The minimum Gasteiger partial charge on any atom is -0.384 e. The second-order valence-electron chi connectivity index (χ2n) is 5.29. The number of carbonyl (C=O) groups excluding carboxylic acids is 1. The SMILES string of the molecule is CC(=O)c1ccc(C#N)cc1NCCCCn1ccccc1=O. The molecule has 0 aliphatic heterocycles. The Morgan fingerprint density at radius 3 is 2.78 bits per heavy atom. The zero-order valence-corrected chi connectivity index (χ0v) is 13.1. The van der Waals surface area contributed by atoms with E-state index in [0.29, 0.717) is 29.9 Å². The molecule has 1 aromatic carbocycles. The summed E-state index contributed by atoms with van der Waals surface area (Å²) >= 11 is 0. The Labute approximate surface area is 135 Å². The minimum absolute atomic E-state index is 0.000969. The maximum absolute atomic E-state index is 11.6. The molecule has 1 aromatic heterocycles. The highest BCUT2D eigenvalue weighted by atomic mass is 16.1. The lowest BCUT2D eigenvalue weighted by atomic mass is 10.1. The third-order valence-corrected chi connectivity index (χ3v) is 3.57. The van der Waals surface area contributed by atoms with E-state index in [1.165, 1.54) is 6.92 Å². The van der Waals surface area contributed by atoms with Gasteiger partial charge in [-0.1, -0.05) is 6.07 Å². The van der Waals surface area contributed by atoms with Crippen molar-refractivity contribution >= 4 is 11.5 Å². The van der Waals surface area contributed by atoms with Gasteiger partial charge in [-0.2, -0.15) is 5.26 Å². The summed E-state index contributed by atoms with van der Waals surface area (Å²) in [5, 5.41) is 12.2. The van der Waals surface area contributed by atoms with E-state index in [0.717, 1.165) is 12.8 Å². The van der Waals surface area contributed by atoms with Crippen molar-refractivity contribution in [2.45, 2.75) is 26.3 Å². The van der Waals surface area contributed by atoms with Crippen LogP contribution in [0.1, 0.15) is 35.7 Å². The molecule has 0 amide bonds. The third-order valence-electron chi connectivity index (χ3n) is 3.57. The lowest BCUT2D eigenvalue weighted by Gasteiger charge is -2.11. The molecule has 0 aliphatic rings. The summed E-state index contributed by atoms with van der Waals surface area (Å²) in [6.45, 7) is 2.85. The minimum atomic E-state index is -0.0344. The Morgan fingerprint density at radius 1 is 1.26 bits per heavy atom. The standard InChI is InChI=1S/C18H19N3O2/c1-14(22)16-8-7-15(13-19)12-17(16)20-9-3-5-11-21-10-4-2-6-18(21)23/h2,4,6-8,10,12,20H,3,5,9,11H2,1H3. The number of hydrogen-bond acceptors (Lipinski definition) is 4. The molecule has 23 heavy (non-hydrogen) atoms. The Hall–Kier alpha value is -2.87. The van der Waals surface area contributed by atoms with Crippen LogP contribution in [0.15, 0.2) is 47.4 Å². The summed E-state index contributed by atoms with van der Waals surface area (Å²) < 4.78 is 1.68. The molecule has 2 aromatic rings. The van der Waals surface area contributed by atoms with Gasteiger partial charge in [0.1, 0.15) is 0 Å². The predicted octanol–water partition coefficient (Wildman–Crippen LogP) is 2.81. The van der Waals surface area contributed by atoms with E-state index in [-0.39, 0.29) is 11.3 Å². The molecule has 5 heteroatoms. The largest absolute Gasteiger partial charge is 0.384 e. The van der Waals surface area contributed by atoms with Crippen LogP contribution in [0, 0.1) is 11.3 Å². The van der Waals surface area contributed by atoms with Crippen molar-refractivity contribution in [3.8, 4) is 6.07 Å². The fourth-order valence-corrected chi connectivity index (χ4v) is 2.34. The molecule has 0 saturated carbocycles. The van der Waals surface area contributed by atoms with Gasteiger partial charge in [0.05, 0.1) is 11.6 Å². The molecule has 1 heterocycles. The zero-order chi connectivity index (χ0) is 16.7. The smallest absolute Gasteiger partial charge is 0.250 e. The normalized spacial score (nSPS) is 10.1. The van der Waals surface area contributed by atoms with Crippen LogP contribution >= 0.6 is 0 Å². The van der Waals surface area contributed by atoms with E-state index >= 15 is 0 Å². The summed E-state index contributed by atoms with van der Waals surface area (Å²) in [5.74, 6) is -0.0344. The number of aryl methyl sites for hydroxylation is 1. The molecule has 0 atom stereocenters. The van der Waals surface area contributed by atoms with Gasteiger partial charge in [-0.3, -0.25) is 9.59 Å². The van der Waals surface area contributed by atoms with Gasteiger partial charge in [-0.25, -0.2) is 0 Å². The highest BCUT2D eigenvalue weighted by Gasteiger charge is 2.07. The van der Waals surface area contributed by atoms with Crippen LogP contribution in [0.25, 0.3) is 0 Å². The van der Waals surface area contributed by atoms with Crippen molar-refractivity contribution in [1.29, 1.82) is 5.26 Å². The summed E-state index contributed by atoms with van der Waals surface area (Å²) in [7, 11) is 0. The molecule has 0 bridgehead atoms. The number of ketones is 1. The Bertz CT molecular complexity index is 787.